The fourth-order valence-corrected chi connectivity index (χ4v) is 2.95. The van der Waals surface area contributed by atoms with Crippen LogP contribution in [0.25, 0.3) is 0 Å². The Hall–Kier alpha value is -0.120. The number of hydrogen-bond donors (Lipinski definition) is 2. The third-order valence-electron chi connectivity index (χ3n) is 4.40. The topological polar surface area (TPSA) is 41.5 Å². The van der Waals surface area contributed by atoms with E-state index in [0.717, 1.165) is 12.5 Å². The molecule has 2 N–H and O–H groups in total. The molecule has 3 nitrogen and oxygen atoms in total. The monoisotopic (exact) mass is 285 g/mol. The molecule has 1 heterocycles. The van der Waals surface area contributed by atoms with Gasteiger partial charge in [-0.2, -0.15) is 0 Å². The van der Waals surface area contributed by atoms with Crippen molar-refractivity contribution in [1.29, 1.82) is 0 Å². The standard InChI is InChI=1S/C17H35NO2/c1-3-5-7-9-11-15(10-8-6-4-2)12-18-16-13-20-14-17(16)19/h15-19H,3-14H2,1-2H3/t15?,16-,17-/m0/s1. The van der Waals surface area contributed by atoms with Crippen LogP contribution in [0.15, 0.2) is 0 Å². The molecule has 0 spiro atoms. The summed E-state index contributed by atoms with van der Waals surface area (Å²) in [5.74, 6) is 0.770. The third-order valence-corrected chi connectivity index (χ3v) is 4.40. The molecule has 120 valence electrons. The highest BCUT2D eigenvalue weighted by Crippen LogP contribution is 2.18. The van der Waals surface area contributed by atoms with Crippen LogP contribution in [0, 0.1) is 5.92 Å². The van der Waals surface area contributed by atoms with E-state index < -0.39 is 0 Å². The van der Waals surface area contributed by atoms with Crippen LogP contribution in [-0.4, -0.2) is 37.0 Å². The highest BCUT2D eigenvalue weighted by molar-refractivity contribution is 4.81. The Bertz CT molecular complexity index is 223. The summed E-state index contributed by atoms with van der Waals surface area (Å²) in [6.45, 7) is 6.73. The van der Waals surface area contributed by atoms with E-state index in [1.165, 1.54) is 57.8 Å². The van der Waals surface area contributed by atoms with Crippen molar-refractivity contribution in [2.24, 2.45) is 5.92 Å². The first-order valence-corrected chi connectivity index (χ1v) is 8.77. The molecule has 1 rings (SSSR count). The molecule has 0 aromatic heterocycles. The number of hydrogen-bond acceptors (Lipinski definition) is 3. The Morgan fingerprint density at radius 2 is 1.65 bits per heavy atom. The number of aliphatic hydroxyl groups excluding tert-OH is 1. The van der Waals surface area contributed by atoms with Crippen LogP contribution in [0.5, 0.6) is 0 Å². The summed E-state index contributed by atoms with van der Waals surface area (Å²) < 4.78 is 5.30. The minimum Gasteiger partial charge on any atom is -0.389 e. The molecule has 1 fully saturated rings. The van der Waals surface area contributed by atoms with E-state index in [0.29, 0.717) is 13.2 Å². The lowest BCUT2D eigenvalue weighted by Gasteiger charge is -2.21. The molecule has 0 bridgehead atoms. The fourth-order valence-electron chi connectivity index (χ4n) is 2.95. The van der Waals surface area contributed by atoms with Gasteiger partial charge in [0.1, 0.15) is 0 Å². The van der Waals surface area contributed by atoms with E-state index in [9.17, 15) is 5.11 Å². The molecule has 3 atom stereocenters. The molecule has 20 heavy (non-hydrogen) atoms. The van der Waals surface area contributed by atoms with Crippen molar-refractivity contribution >= 4 is 0 Å². The third kappa shape index (κ3) is 7.61. The second-order valence-electron chi connectivity index (χ2n) is 6.33. The average Bonchev–Trinajstić information content (AvgIpc) is 2.86. The van der Waals surface area contributed by atoms with Gasteiger partial charge in [0.25, 0.3) is 0 Å². The molecule has 3 heteroatoms. The summed E-state index contributed by atoms with van der Waals surface area (Å²) in [6, 6.07) is 0.152. The van der Waals surface area contributed by atoms with Crippen LogP contribution in [0.3, 0.4) is 0 Å². The first-order valence-electron chi connectivity index (χ1n) is 8.77. The number of nitrogens with one attached hydrogen (secondary N) is 1. The van der Waals surface area contributed by atoms with E-state index in [-0.39, 0.29) is 12.1 Å². The molecule has 0 saturated carbocycles. The second kappa shape index (κ2) is 11.5. The molecule has 0 aromatic rings. The van der Waals surface area contributed by atoms with Crippen LogP contribution < -0.4 is 5.32 Å². The van der Waals surface area contributed by atoms with Gasteiger partial charge < -0.3 is 15.2 Å². The number of unbranched alkanes of at least 4 members (excludes halogenated alkanes) is 5. The van der Waals surface area contributed by atoms with E-state index >= 15 is 0 Å². The van der Waals surface area contributed by atoms with Crippen molar-refractivity contribution in [3.05, 3.63) is 0 Å². The largest absolute Gasteiger partial charge is 0.389 e. The molecule has 1 saturated heterocycles. The number of ether oxygens (including phenoxy) is 1. The molecule has 0 radical (unpaired) electrons. The van der Waals surface area contributed by atoms with Crippen LogP contribution in [0.1, 0.15) is 71.6 Å². The zero-order valence-corrected chi connectivity index (χ0v) is 13.6. The van der Waals surface area contributed by atoms with Crippen molar-refractivity contribution < 1.29 is 9.84 Å². The van der Waals surface area contributed by atoms with Crippen molar-refractivity contribution in [2.75, 3.05) is 19.8 Å². The minimum atomic E-state index is -0.314. The SMILES string of the molecule is CCCCCCC(CCCCC)CN[C@H]1COC[C@@H]1O. The van der Waals surface area contributed by atoms with Crippen molar-refractivity contribution in [1.82, 2.24) is 5.32 Å². The average molecular weight is 285 g/mol. The summed E-state index contributed by atoms with van der Waals surface area (Å²) in [6.07, 6.45) is 11.7. The van der Waals surface area contributed by atoms with Gasteiger partial charge in [0.2, 0.25) is 0 Å². The summed E-state index contributed by atoms with van der Waals surface area (Å²) in [5.41, 5.74) is 0. The molecule has 1 aliphatic rings. The van der Waals surface area contributed by atoms with E-state index in [1.807, 2.05) is 0 Å². The maximum Gasteiger partial charge on any atom is 0.0948 e. The summed E-state index contributed by atoms with van der Waals surface area (Å²) in [4.78, 5) is 0. The van der Waals surface area contributed by atoms with E-state index in [2.05, 4.69) is 19.2 Å². The van der Waals surface area contributed by atoms with E-state index in [1.54, 1.807) is 0 Å². The van der Waals surface area contributed by atoms with Crippen molar-refractivity contribution in [2.45, 2.75) is 83.8 Å². The van der Waals surface area contributed by atoms with Gasteiger partial charge in [-0.25, -0.2) is 0 Å². The highest BCUT2D eigenvalue weighted by Gasteiger charge is 2.26. The highest BCUT2D eigenvalue weighted by atomic mass is 16.5. The van der Waals surface area contributed by atoms with Crippen LogP contribution in [0.2, 0.25) is 0 Å². The van der Waals surface area contributed by atoms with Gasteiger partial charge in [-0.15, -0.1) is 0 Å². The summed E-state index contributed by atoms with van der Waals surface area (Å²) >= 11 is 0. The lowest BCUT2D eigenvalue weighted by molar-refractivity contribution is 0.122. The van der Waals surface area contributed by atoms with Crippen LogP contribution in [0.4, 0.5) is 0 Å². The molecule has 1 unspecified atom stereocenters. The minimum absolute atomic E-state index is 0.152. The van der Waals surface area contributed by atoms with E-state index in [4.69, 9.17) is 4.74 Å². The first kappa shape index (κ1) is 17.9. The zero-order chi connectivity index (χ0) is 14.6. The molecule has 1 aliphatic heterocycles. The van der Waals surface area contributed by atoms with Crippen LogP contribution in [-0.2, 0) is 4.74 Å². The van der Waals surface area contributed by atoms with Gasteiger partial charge in [0, 0.05) is 0 Å². The number of rotatable bonds is 12. The molecule has 0 amide bonds. The van der Waals surface area contributed by atoms with Gasteiger partial charge in [0.15, 0.2) is 0 Å². The quantitative estimate of drug-likeness (QED) is 0.539. The van der Waals surface area contributed by atoms with Gasteiger partial charge in [-0.05, 0) is 25.3 Å². The second-order valence-corrected chi connectivity index (χ2v) is 6.33. The lowest BCUT2D eigenvalue weighted by Crippen LogP contribution is -2.41. The maximum absolute atomic E-state index is 9.77. The predicted molar refractivity (Wildman–Crippen MR) is 85.0 cm³/mol. The molecular weight excluding hydrogens is 250 g/mol. The lowest BCUT2D eigenvalue weighted by atomic mass is 9.94. The van der Waals surface area contributed by atoms with Gasteiger partial charge in [-0.1, -0.05) is 58.8 Å². The zero-order valence-electron chi connectivity index (χ0n) is 13.6. The Morgan fingerprint density at radius 1 is 1.00 bits per heavy atom. The Balaban J connectivity index is 2.21. The molecule has 0 aromatic carbocycles. The molecular formula is C17H35NO2. The Labute approximate surface area is 125 Å². The predicted octanol–water partition coefficient (Wildman–Crippen LogP) is 3.50. The van der Waals surface area contributed by atoms with Gasteiger partial charge in [0.05, 0.1) is 25.4 Å². The Morgan fingerprint density at radius 3 is 2.25 bits per heavy atom. The fraction of sp³-hybridized carbons (Fsp3) is 1.00. The Kier molecular flexibility index (Phi) is 10.3. The van der Waals surface area contributed by atoms with Crippen LogP contribution >= 0.6 is 0 Å². The molecule has 0 aliphatic carbocycles. The summed E-state index contributed by atoms with van der Waals surface area (Å²) in [7, 11) is 0. The normalized spacial score (nSPS) is 24.1. The first-order chi connectivity index (χ1) is 9.77. The summed E-state index contributed by atoms with van der Waals surface area (Å²) in [5, 5.41) is 13.3. The van der Waals surface area contributed by atoms with Gasteiger partial charge >= 0.3 is 0 Å². The van der Waals surface area contributed by atoms with Gasteiger partial charge in [-0.3, -0.25) is 0 Å². The number of aliphatic hydroxyl groups is 1. The smallest absolute Gasteiger partial charge is 0.0948 e. The van der Waals surface area contributed by atoms with Crippen molar-refractivity contribution in [3.8, 4) is 0 Å². The van der Waals surface area contributed by atoms with Crippen molar-refractivity contribution in [3.63, 3.8) is 0 Å². The maximum atomic E-state index is 9.77.